The van der Waals surface area contributed by atoms with E-state index in [1.165, 1.54) is 22.0 Å². The van der Waals surface area contributed by atoms with Crippen LogP contribution >= 0.6 is 0 Å². The predicted molar refractivity (Wildman–Crippen MR) is 72.9 cm³/mol. The van der Waals surface area contributed by atoms with Crippen LogP contribution in [0.5, 0.6) is 0 Å². The summed E-state index contributed by atoms with van der Waals surface area (Å²) in [5, 5.41) is 1.34. The van der Waals surface area contributed by atoms with Crippen LogP contribution in [0.1, 0.15) is 18.1 Å². The van der Waals surface area contributed by atoms with Gasteiger partial charge in [0.05, 0.1) is 0 Å². The monoisotopic (exact) mass is 231 g/mol. The number of hydrogen-bond donors (Lipinski definition) is 1. The second-order valence-corrected chi connectivity index (χ2v) is 4.73. The number of nitrogens with two attached hydrogens (primary N) is 1. The molecule has 2 aromatic rings. The zero-order valence-electron chi connectivity index (χ0n) is 10.9. The number of aryl methyl sites for hydroxylation is 1. The van der Waals surface area contributed by atoms with Gasteiger partial charge in [-0.15, -0.1) is 0 Å². The predicted octanol–water partition coefficient (Wildman–Crippen LogP) is 2.18. The number of hydrogen-bond acceptors (Lipinski definition) is 2. The summed E-state index contributed by atoms with van der Waals surface area (Å²) in [6.07, 6.45) is 2.25. The SMILES string of the molecule is CCn1cc(CN(C)C)c2cc(CN)ccc21. The summed E-state index contributed by atoms with van der Waals surface area (Å²) in [4.78, 5) is 2.20. The van der Waals surface area contributed by atoms with Gasteiger partial charge in [-0.3, -0.25) is 0 Å². The molecule has 1 aromatic heterocycles. The van der Waals surface area contributed by atoms with Crippen LogP contribution < -0.4 is 5.73 Å². The standard InChI is InChI=1S/C14H21N3/c1-4-17-10-12(9-16(2)3)13-7-11(8-15)5-6-14(13)17/h5-7,10H,4,8-9,15H2,1-3H3. The molecule has 3 nitrogen and oxygen atoms in total. The number of benzene rings is 1. The molecule has 3 heteroatoms. The first-order valence-corrected chi connectivity index (χ1v) is 6.11. The van der Waals surface area contributed by atoms with Crippen molar-refractivity contribution in [3.63, 3.8) is 0 Å². The molecule has 0 aliphatic rings. The summed E-state index contributed by atoms with van der Waals surface area (Å²) < 4.78 is 2.30. The summed E-state index contributed by atoms with van der Waals surface area (Å²) in [7, 11) is 4.20. The molecule has 0 aliphatic carbocycles. The van der Waals surface area contributed by atoms with Gasteiger partial charge < -0.3 is 15.2 Å². The topological polar surface area (TPSA) is 34.2 Å². The van der Waals surface area contributed by atoms with Crippen LogP contribution in [0.3, 0.4) is 0 Å². The van der Waals surface area contributed by atoms with Crippen molar-refractivity contribution < 1.29 is 0 Å². The van der Waals surface area contributed by atoms with Crippen LogP contribution in [0.4, 0.5) is 0 Å². The van der Waals surface area contributed by atoms with Crippen LogP contribution in [0, 0.1) is 0 Å². The Kier molecular flexibility index (Phi) is 3.50. The largest absolute Gasteiger partial charge is 0.347 e. The van der Waals surface area contributed by atoms with E-state index in [2.05, 4.69) is 54.9 Å². The highest BCUT2D eigenvalue weighted by Gasteiger charge is 2.08. The molecule has 1 heterocycles. The molecule has 0 amide bonds. The molecule has 0 atom stereocenters. The van der Waals surface area contributed by atoms with Crippen LogP contribution in [0.25, 0.3) is 10.9 Å². The minimum atomic E-state index is 0.606. The molecule has 92 valence electrons. The maximum atomic E-state index is 5.71. The maximum absolute atomic E-state index is 5.71. The van der Waals surface area contributed by atoms with Crippen molar-refractivity contribution in [2.24, 2.45) is 5.73 Å². The van der Waals surface area contributed by atoms with Gasteiger partial charge in [0.2, 0.25) is 0 Å². The first-order chi connectivity index (χ1) is 8.15. The van der Waals surface area contributed by atoms with E-state index >= 15 is 0 Å². The molecule has 0 fully saturated rings. The normalized spacial score (nSPS) is 11.6. The van der Waals surface area contributed by atoms with E-state index in [9.17, 15) is 0 Å². The molecule has 17 heavy (non-hydrogen) atoms. The molecular weight excluding hydrogens is 210 g/mol. The molecule has 0 saturated carbocycles. The van der Waals surface area contributed by atoms with E-state index in [0.29, 0.717) is 6.54 Å². The molecule has 0 radical (unpaired) electrons. The van der Waals surface area contributed by atoms with Crippen LogP contribution in [0.15, 0.2) is 24.4 Å². The van der Waals surface area contributed by atoms with E-state index in [4.69, 9.17) is 5.73 Å². The third-order valence-electron chi connectivity index (χ3n) is 3.09. The third kappa shape index (κ3) is 2.35. The first-order valence-electron chi connectivity index (χ1n) is 6.11. The fourth-order valence-corrected chi connectivity index (χ4v) is 2.27. The minimum Gasteiger partial charge on any atom is -0.347 e. The highest BCUT2D eigenvalue weighted by atomic mass is 15.1. The van der Waals surface area contributed by atoms with Gasteiger partial charge in [0, 0.05) is 36.7 Å². The van der Waals surface area contributed by atoms with E-state index in [1.54, 1.807) is 0 Å². The highest BCUT2D eigenvalue weighted by molar-refractivity contribution is 5.84. The maximum Gasteiger partial charge on any atom is 0.0483 e. The summed E-state index contributed by atoms with van der Waals surface area (Å²) in [5.74, 6) is 0. The van der Waals surface area contributed by atoms with E-state index < -0.39 is 0 Å². The molecule has 0 unspecified atom stereocenters. The smallest absolute Gasteiger partial charge is 0.0483 e. The average molecular weight is 231 g/mol. The lowest BCUT2D eigenvalue weighted by atomic mass is 10.1. The van der Waals surface area contributed by atoms with Crippen molar-refractivity contribution in [2.45, 2.75) is 26.6 Å². The quantitative estimate of drug-likeness (QED) is 0.875. The zero-order chi connectivity index (χ0) is 12.4. The van der Waals surface area contributed by atoms with Crippen molar-refractivity contribution >= 4 is 10.9 Å². The molecular formula is C14H21N3. The van der Waals surface area contributed by atoms with Gasteiger partial charge in [-0.05, 0) is 44.3 Å². The Morgan fingerprint density at radius 3 is 2.65 bits per heavy atom. The van der Waals surface area contributed by atoms with Crippen LogP contribution in [-0.4, -0.2) is 23.6 Å². The summed E-state index contributed by atoms with van der Waals surface area (Å²) in [6, 6.07) is 6.52. The van der Waals surface area contributed by atoms with Crippen molar-refractivity contribution in [3.05, 3.63) is 35.5 Å². The average Bonchev–Trinajstić information content (AvgIpc) is 2.66. The van der Waals surface area contributed by atoms with Crippen molar-refractivity contribution in [1.82, 2.24) is 9.47 Å². The summed E-state index contributed by atoms with van der Waals surface area (Å²) in [5.41, 5.74) is 9.60. The fraction of sp³-hybridized carbons (Fsp3) is 0.429. The number of aromatic nitrogens is 1. The highest BCUT2D eigenvalue weighted by Crippen LogP contribution is 2.23. The molecule has 0 spiro atoms. The molecule has 2 rings (SSSR count). The minimum absolute atomic E-state index is 0.606. The Hall–Kier alpha value is -1.32. The number of fused-ring (bicyclic) bond motifs is 1. The van der Waals surface area contributed by atoms with Gasteiger partial charge in [0.15, 0.2) is 0 Å². The van der Waals surface area contributed by atoms with Crippen molar-refractivity contribution in [1.29, 1.82) is 0 Å². The van der Waals surface area contributed by atoms with E-state index in [-0.39, 0.29) is 0 Å². The van der Waals surface area contributed by atoms with E-state index in [1.807, 2.05) is 0 Å². The van der Waals surface area contributed by atoms with Crippen LogP contribution in [-0.2, 0) is 19.6 Å². The lowest BCUT2D eigenvalue weighted by Crippen LogP contribution is -2.10. The zero-order valence-corrected chi connectivity index (χ0v) is 10.9. The summed E-state index contributed by atoms with van der Waals surface area (Å²) in [6.45, 7) is 4.76. The van der Waals surface area contributed by atoms with E-state index in [0.717, 1.165) is 13.1 Å². The lowest BCUT2D eigenvalue weighted by molar-refractivity contribution is 0.403. The number of rotatable bonds is 4. The van der Waals surface area contributed by atoms with Gasteiger partial charge in [-0.2, -0.15) is 0 Å². The Bertz CT molecular complexity index is 511. The third-order valence-corrected chi connectivity index (χ3v) is 3.09. The van der Waals surface area contributed by atoms with Gasteiger partial charge >= 0.3 is 0 Å². The number of nitrogens with zero attached hydrogens (tertiary/aromatic N) is 2. The van der Waals surface area contributed by atoms with Gasteiger partial charge in [-0.1, -0.05) is 6.07 Å². The molecule has 0 bridgehead atoms. The van der Waals surface area contributed by atoms with Crippen molar-refractivity contribution in [2.75, 3.05) is 14.1 Å². The van der Waals surface area contributed by atoms with Crippen molar-refractivity contribution in [3.8, 4) is 0 Å². The van der Waals surface area contributed by atoms with Gasteiger partial charge in [-0.25, -0.2) is 0 Å². The molecule has 0 aliphatic heterocycles. The second-order valence-electron chi connectivity index (χ2n) is 4.73. The Labute approximate surface area is 103 Å². The first kappa shape index (κ1) is 12.1. The Morgan fingerprint density at radius 1 is 1.29 bits per heavy atom. The Balaban J connectivity index is 2.57. The summed E-state index contributed by atoms with van der Waals surface area (Å²) >= 11 is 0. The molecule has 0 saturated heterocycles. The fourth-order valence-electron chi connectivity index (χ4n) is 2.27. The molecule has 1 aromatic carbocycles. The van der Waals surface area contributed by atoms with Gasteiger partial charge in [0.25, 0.3) is 0 Å². The van der Waals surface area contributed by atoms with Crippen LogP contribution in [0.2, 0.25) is 0 Å². The second kappa shape index (κ2) is 4.90. The Morgan fingerprint density at radius 2 is 2.06 bits per heavy atom. The van der Waals surface area contributed by atoms with Gasteiger partial charge in [0.1, 0.15) is 0 Å². The molecule has 2 N–H and O–H groups in total. The lowest BCUT2D eigenvalue weighted by Gasteiger charge is -2.08.